The van der Waals surface area contributed by atoms with Gasteiger partial charge in [0.15, 0.2) is 11.2 Å². The fourth-order valence-electron chi connectivity index (χ4n) is 3.67. The highest BCUT2D eigenvalue weighted by molar-refractivity contribution is 5.74. The Morgan fingerprint density at radius 2 is 1.79 bits per heavy atom. The molecule has 9 heteroatoms. The summed E-state index contributed by atoms with van der Waals surface area (Å²) in [4.78, 5) is 32.0. The number of aryl methyl sites for hydroxylation is 1. The number of fused-ring (bicyclic) bond motifs is 1. The second-order valence-electron chi connectivity index (χ2n) is 7.06. The first-order valence-corrected chi connectivity index (χ1v) is 9.34. The number of rotatable bonds is 4. The van der Waals surface area contributed by atoms with Crippen LogP contribution in [0.1, 0.15) is 11.7 Å². The molecule has 1 atom stereocenters. The fraction of sp³-hybridized carbons (Fsp3) is 0.421. The first kappa shape index (κ1) is 18.5. The highest BCUT2D eigenvalue weighted by Crippen LogP contribution is 2.24. The second kappa shape index (κ2) is 7.25. The Kier molecular flexibility index (Phi) is 4.78. The first-order valence-electron chi connectivity index (χ1n) is 9.34. The second-order valence-corrected chi connectivity index (χ2v) is 7.06. The Morgan fingerprint density at radius 1 is 1.11 bits per heavy atom. The van der Waals surface area contributed by atoms with Crippen molar-refractivity contribution in [3.63, 3.8) is 0 Å². The molecule has 3 heterocycles. The normalized spacial score (nSPS) is 15.9. The predicted molar refractivity (Wildman–Crippen MR) is 107 cm³/mol. The molecule has 148 valence electrons. The zero-order valence-corrected chi connectivity index (χ0v) is 16.0. The summed E-state index contributed by atoms with van der Waals surface area (Å²) in [6.07, 6.45) is -0.804. The molecule has 2 N–H and O–H groups in total. The number of anilines is 1. The van der Waals surface area contributed by atoms with Crippen molar-refractivity contribution in [2.24, 2.45) is 14.1 Å². The maximum Gasteiger partial charge on any atom is 0.332 e. The molecule has 2 aromatic heterocycles. The molecule has 0 bridgehead atoms. The van der Waals surface area contributed by atoms with Gasteiger partial charge in [0.1, 0.15) is 0 Å². The number of aliphatic hydroxyl groups excluding tert-OH is 1. The SMILES string of the molecule is Cn1c(=O)c2c(nc(N3CCNCC3)n2C[C@@H](O)c2ccccc2)n(C)c1=O. The minimum absolute atomic E-state index is 0.174. The number of imidazole rings is 1. The lowest BCUT2D eigenvalue weighted by molar-refractivity contribution is 0.158. The van der Waals surface area contributed by atoms with E-state index in [4.69, 9.17) is 0 Å². The van der Waals surface area contributed by atoms with Gasteiger partial charge in [-0.25, -0.2) is 4.79 Å². The van der Waals surface area contributed by atoms with Crippen LogP contribution in [0.15, 0.2) is 39.9 Å². The molecule has 1 fully saturated rings. The third kappa shape index (κ3) is 3.02. The van der Waals surface area contributed by atoms with Crippen molar-refractivity contribution in [3.05, 3.63) is 56.7 Å². The maximum atomic E-state index is 12.9. The van der Waals surface area contributed by atoms with E-state index in [0.717, 1.165) is 36.3 Å². The van der Waals surface area contributed by atoms with Crippen LogP contribution < -0.4 is 21.5 Å². The minimum Gasteiger partial charge on any atom is -0.387 e. The molecule has 1 aromatic carbocycles. The molecule has 4 rings (SSSR count). The first-order chi connectivity index (χ1) is 13.5. The average molecular weight is 384 g/mol. The van der Waals surface area contributed by atoms with Gasteiger partial charge < -0.3 is 19.9 Å². The number of aliphatic hydroxyl groups is 1. The van der Waals surface area contributed by atoms with Crippen molar-refractivity contribution in [2.75, 3.05) is 31.1 Å². The number of aromatic nitrogens is 4. The Hall–Kier alpha value is -2.91. The van der Waals surface area contributed by atoms with E-state index in [2.05, 4.69) is 15.2 Å². The quantitative estimate of drug-likeness (QED) is 0.634. The van der Waals surface area contributed by atoms with Gasteiger partial charge in [0.25, 0.3) is 5.56 Å². The number of hydrogen-bond acceptors (Lipinski definition) is 6. The molecule has 0 unspecified atom stereocenters. The summed E-state index contributed by atoms with van der Waals surface area (Å²) < 4.78 is 4.21. The van der Waals surface area contributed by atoms with Gasteiger partial charge in [-0.15, -0.1) is 0 Å². The van der Waals surface area contributed by atoms with Crippen LogP contribution in [0.3, 0.4) is 0 Å². The van der Waals surface area contributed by atoms with Crippen LogP contribution in [-0.2, 0) is 20.6 Å². The Labute approximate surface area is 161 Å². The molecule has 1 aliphatic rings. The number of hydrogen-bond donors (Lipinski definition) is 2. The van der Waals surface area contributed by atoms with Crippen LogP contribution in [0.25, 0.3) is 11.2 Å². The summed E-state index contributed by atoms with van der Waals surface area (Å²) in [5.74, 6) is 0.602. The molecule has 9 nitrogen and oxygen atoms in total. The zero-order valence-electron chi connectivity index (χ0n) is 16.0. The van der Waals surface area contributed by atoms with E-state index in [-0.39, 0.29) is 6.54 Å². The summed E-state index contributed by atoms with van der Waals surface area (Å²) in [5.41, 5.74) is 0.595. The molecule has 28 heavy (non-hydrogen) atoms. The van der Waals surface area contributed by atoms with Gasteiger partial charge in [0.05, 0.1) is 12.6 Å². The monoisotopic (exact) mass is 384 g/mol. The molecule has 1 aliphatic heterocycles. The molecular formula is C19H24N6O3. The van der Waals surface area contributed by atoms with E-state index in [9.17, 15) is 14.7 Å². The minimum atomic E-state index is -0.804. The van der Waals surface area contributed by atoms with E-state index >= 15 is 0 Å². The summed E-state index contributed by atoms with van der Waals surface area (Å²) >= 11 is 0. The largest absolute Gasteiger partial charge is 0.387 e. The van der Waals surface area contributed by atoms with E-state index in [1.54, 1.807) is 11.6 Å². The number of nitrogens with one attached hydrogen (secondary N) is 1. The van der Waals surface area contributed by atoms with E-state index in [1.807, 2.05) is 30.3 Å². The van der Waals surface area contributed by atoms with Gasteiger partial charge >= 0.3 is 5.69 Å². The van der Waals surface area contributed by atoms with Crippen molar-refractivity contribution in [2.45, 2.75) is 12.6 Å². The lowest BCUT2D eigenvalue weighted by Crippen LogP contribution is -2.44. The molecule has 0 spiro atoms. The maximum absolute atomic E-state index is 12.9. The molecule has 3 aromatic rings. The van der Waals surface area contributed by atoms with Crippen LogP contribution in [0.5, 0.6) is 0 Å². The van der Waals surface area contributed by atoms with E-state index in [1.165, 1.54) is 11.6 Å². The van der Waals surface area contributed by atoms with Gasteiger partial charge in [0.2, 0.25) is 5.95 Å². The van der Waals surface area contributed by atoms with Crippen molar-refractivity contribution < 1.29 is 5.11 Å². The summed E-state index contributed by atoms with van der Waals surface area (Å²) in [6, 6.07) is 9.32. The van der Waals surface area contributed by atoms with Crippen LogP contribution in [0, 0.1) is 0 Å². The van der Waals surface area contributed by atoms with Gasteiger partial charge in [-0.1, -0.05) is 30.3 Å². The predicted octanol–water partition coefficient (Wildman–Crippen LogP) is -0.423. The Bertz CT molecular complexity index is 1110. The smallest absolute Gasteiger partial charge is 0.332 e. The van der Waals surface area contributed by atoms with Crippen molar-refractivity contribution in [1.82, 2.24) is 24.0 Å². The van der Waals surface area contributed by atoms with Crippen molar-refractivity contribution in [3.8, 4) is 0 Å². The summed E-state index contributed by atoms with van der Waals surface area (Å²) in [7, 11) is 3.07. The molecule has 0 aliphatic carbocycles. The van der Waals surface area contributed by atoms with Crippen molar-refractivity contribution >= 4 is 17.1 Å². The standard InChI is InChI=1S/C19H24N6O3/c1-22-16-15(17(27)23(2)19(22)28)25(12-14(26)13-6-4-3-5-7-13)18(21-16)24-10-8-20-9-11-24/h3-7,14,20,26H,8-12H2,1-2H3/t14-/m1/s1. The average Bonchev–Trinajstić information content (AvgIpc) is 3.11. The zero-order chi connectivity index (χ0) is 19.8. The number of benzene rings is 1. The van der Waals surface area contributed by atoms with Crippen molar-refractivity contribution in [1.29, 1.82) is 0 Å². The third-order valence-corrected chi connectivity index (χ3v) is 5.27. The van der Waals surface area contributed by atoms with Crippen LogP contribution >= 0.6 is 0 Å². The van der Waals surface area contributed by atoms with Crippen LogP contribution in [-0.4, -0.2) is 50.0 Å². The number of nitrogens with zero attached hydrogens (tertiary/aromatic N) is 5. The number of piperazine rings is 1. The molecular weight excluding hydrogens is 360 g/mol. The van der Waals surface area contributed by atoms with E-state index in [0.29, 0.717) is 17.1 Å². The molecule has 1 saturated heterocycles. The Morgan fingerprint density at radius 3 is 2.46 bits per heavy atom. The van der Waals surface area contributed by atoms with Gasteiger partial charge in [0, 0.05) is 40.3 Å². The lowest BCUT2D eigenvalue weighted by atomic mass is 10.1. The van der Waals surface area contributed by atoms with Crippen LogP contribution in [0.2, 0.25) is 0 Å². The van der Waals surface area contributed by atoms with E-state index < -0.39 is 17.4 Å². The topological polar surface area (TPSA) is 97.3 Å². The highest BCUT2D eigenvalue weighted by atomic mass is 16.3. The summed E-state index contributed by atoms with van der Waals surface area (Å²) in [5, 5.41) is 14.1. The Balaban J connectivity index is 1.90. The van der Waals surface area contributed by atoms with Gasteiger partial charge in [-0.3, -0.25) is 13.9 Å². The molecule has 0 amide bonds. The highest BCUT2D eigenvalue weighted by Gasteiger charge is 2.25. The van der Waals surface area contributed by atoms with Crippen LogP contribution in [0.4, 0.5) is 5.95 Å². The lowest BCUT2D eigenvalue weighted by Gasteiger charge is -2.29. The summed E-state index contributed by atoms with van der Waals surface area (Å²) in [6.45, 7) is 3.26. The third-order valence-electron chi connectivity index (χ3n) is 5.27. The fourth-order valence-corrected chi connectivity index (χ4v) is 3.67. The van der Waals surface area contributed by atoms with Gasteiger partial charge in [-0.2, -0.15) is 4.98 Å². The molecule has 0 radical (unpaired) electrons. The molecule has 0 saturated carbocycles. The van der Waals surface area contributed by atoms with Gasteiger partial charge in [-0.05, 0) is 5.56 Å².